The second kappa shape index (κ2) is 6.78. The summed E-state index contributed by atoms with van der Waals surface area (Å²) in [5.74, 6) is -0.713. The molecule has 0 aliphatic carbocycles. The second-order valence-corrected chi connectivity index (χ2v) is 5.15. The van der Waals surface area contributed by atoms with Crippen molar-refractivity contribution in [3.05, 3.63) is 58.3 Å². The summed E-state index contributed by atoms with van der Waals surface area (Å²) >= 11 is 11.5. The summed E-state index contributed by atoms with van der Waals surface area (Å²) < 4.78 is 19.1. The summed E-state index contributed by atoms with van der Waals surface area (Å²) in [6, 6.07) is 11.0. The lowest BCUT2D eigenvalue weighted by atomic mass is 10.2. The lowest BCUT2D eigenvalue weighted by Gasteiger charge is -2.15. The summed E-state index contributed by atoms with van der Waals surface area (Å²) in [5.41, 5.74) is 0.00837. The highest BCUT2D eigenvalue weighted by Crippen LogP contribution is 2.23. The molecule has 0 radical (unpaired) electrons. The Morgan fingerprint density at radius 3 is 2.67 bits per heavy atom. The molecule has 0 saturated carbocycles. The third-order valence-electron chi connectivity index (χ3n) is 2.69. The van der Waals surface area contributed by atoms with Crippen molar-refractivity contribution in [3.8, 4) is 5.75 Å². The first-order valence-corrected chi connectivity index (χ1v) is 6.90. The largest absolute Gasteiger partial charge is 0.481 e. The molecule has 1 N–H and O–H groups in total. The molecule has 0 aliphatic heterocycles. The van der Waals surface area contributed by atoms with Gasteiger partial charge in [-0.1, -0.05) is 35.3 Å². The van der Waals surface area contributed by atoms with E-state index in [0.717, 1.165) is 0 Å². The predicted octanol–water partition coefficient (Wildman–Crippen LogP) is 4.54. The van der Waals surface area contributed by atoms with Gasteiger partial charge >= 0.3 is 0 Å². The molecule has 0 fully saturated rings. The Morgan fingerprint density at radius 2 is 1.95 bits per heavy atom. The number of carbonyl (C=O) groups is 1. The van der Waals surface area contributed by atoms with Crippen LogP contribution in [0.2, 0.25) is 10.0 Å². The molecule has 1 unspecified atom stereocenters. The topological polar surface area (TPSA) is 38.3 Å². The van der Waals surface area contributed by atoms with Gasteiger partial charge in [0.05, 0.1) is 10.7 Å². The summed E-state index contributed by atoms with van der Waals surface area (Å²) in [4.78, 5) is 12.0. The molecule has 1 atom stereocenters. The quantitative estimate of drug-likeness (QED) is 0.895. The molecule has 0 bridgehead atoms. The van der Waals surface area contributed by atoms with Crippen LogP contribution >= 0.6 is 23.2 Å². The SMILES string of the molecule is CC(Oc1cccc(Cl)c1)C(=O)Nc1cccc(Cl)c1F. The van der Waals surface area contributed by atoms with Crippen molar-refractivity contribution in [1.82, 2.24) is 0 Å². The highest BCUT2D eigenvalue weighted by molar-refractivity contribution is 6.31. The van der Waals surface area contributed by atoms with E-state index in [1.165, 1.54) is 12.1 Å². The Hall–Kier alpha value is -1.78. The maximum Gasteiger partial charge on any atom is 0.265 e. The van der Waals surface area contributed by atoms with E-state index in [1.54, 1.807) is 37.3 Å². The molecule has 0 aromatic heterocycles. The number of amides is 1. The van der Waals surface area contributed by atoms with E-state index in [1.807, 2.05) is 0 Å². The molecular weight excluding hydrogens is 316 g/mol. The molecule has 3 nitrogen and oxygen atoms in total. The average molecular weight is 328 g/mol. The fourth-order valence-corrected chi connectivity index (χ4v) is 1.99. The van der Waals surface area contributed by atoms with Crippen molar-refractivity contribution in [3.63, 3.8) is 0 Å². The summed E-state index contributed by atoms with van der Waals surface area (Å²) in [7, 11) is 0. The molecule has 1 amide bonds. The molecule has 21 heavy (non-hydrogen) atoms. The zero-order chi connectivity index (χ0) is 15.4. The molecule has 2 rings (SSSR count). The number of benzene rings is 2. The van der Waals surface area contributed by atoms with Gasteiger partial charge in [0.25, 0.3) is 5.91 Å². The van der Waals surface area contributed by atoms with Crippen molar-refractivity contribution in [2.45, 2.75) is 13.0 Å². The molecule has 2 aromatic carbocycles. The normalized spacial score (nSPS) is 11.8. The highest BCUT2D eigenvalue weighted by Gasteiger charge is 2.17. The first-order valence-electron chi connectivity index (χ1n) is 6.14. The van der Waals surface area contributed by atoms with Gasteiger partial charge in [0.15, 0.2) is 11.9 Å². The van der Waals surface area contributed by atoms with Crippen LogP contribution in [0.3, 0.4) is 0 Å². The first-order chi connectivity index (χ1) is 9.97. The third-order valence-corrected chi connectivity index (χ3v) is 3.21. The highest BCUT2D eigenvalue weighted by atomic mass is 35.5. The fraction of sp³-hybridized carbons (Fsp3) is 0.133. The van der Waals surface area contributed by atoms with Crippen molar-refractivity contribution in [1.29, 1.82) is 0 Å². The lowest BCUT2D eigenvalue weighted by molar-refractivity contribution is -0.122. The number of ether oxygens (including phenoxy) is 1. The van der Waals surface area contributed by atoms with E-state index in [9.17, 15) is 9.18 Å². The minimum absolute atomic E-state index is 0.00837. The van der Waals surface area contributed by atoms with Gasteiger partial charge in [0.1, 0.15) is 5.75 Å². The van der Waals surface area contributed by atoms with Crippen LogP contribution in [-0.4, -0.2) is 12.0 Å². The van der Waals surface area contributed by atoms with Gasteiger partial charge in [0.2, 0.25) is 0 Å². The Morgan fingerprint density at radius 1 is 1.24 bits per heavy atom. The van der Waals surface area contributed by atoms with E-state index >= 15 is 0 Å². The number of nitrogens with one attached hydrogen (secondary N) is 1. The van der Waals surface area contributed by atoms with Crippen molar-refractivity contribution in [2.24, 2.45) is 0 Å². The molecule has 110 valence electrons. The van der Waals surface area contributed by atoms with E-state index in [-0.39, 0.29) is 10.7 Å². The van der Waals surface area contributed by atoms with Crippen molar-refractivity contribution >= 4 is 34.8 Å². The minimum Gasteiger partial charge on any atom is -0.481 e. The van der Waals surface area contributed by atoms with Gasteiger partial charge in [-0.3, -0.25) is 4.79 Å². The smallest absolute Gasteiger partial charge is 0.265 e. The molecular formula is C15H12Cl2FNO2. The Labute approximate surface area is 131 Å². The minimum atomic E-state index is -0.818. The van der Waals surface area contributed by atoms with Crippen molar-refractivity contribution in [2.75, 3.05) is 5.32 Å². The van der Waals surface area contributed by atoms with Crippen LogP contribution in [0.5, 0.6) is 5.75 Å². The van der Waals surface area contributed by atoms with Gasteiger partial charge in [-0.2, -0.15) is 0 Å². The van der Waals surface area contributed by atoms with Crippen LogP contribution in [0.25, 0.3) is 0 Å². The first kappa shape index (κ1) is 15.6. The molecule has 0 spiro atoms. The van der Waals surface area contributed by atoms with Crippen LogP contribution in [-0.2, 0) is 4.79 Å². The maximum atomic E-state index is 13.7. The van der Waals surface area contributed by atoms with E-state index in [0.29, 0.717) is 10.8 Å². The fourth-order valence-electron chi connectivity index (χ4n) is 1.63. The second-order valence-electron chi connectivity index (χ2n) is 4.31. The molecule has 2 aromatic rings. The third kappa shape index (κ3) is 4.09. The Kier molecular flexibility index (Phi) is 5.04. The predicted molar refractivity (Wildman–Crippen MR) is 81.6 cm³/mol. The van der Waals surface area contributed by atoms with E-state index in [4.69, 9.17) is 27.9 Å². The number of anilines is 1. The maximum absolute atomic E-state index is 13.7. The molecule has 6 heteroatoms. The van der Waals surface area contributed by atoms with E-state index in [2.05, 4.69) is 5.32 Å². The standard InChI is InChI=1S/C15H12Cl2FNO2/c1-9(21-11-5-2-4-10(16)8-11)15(20)19-13-7-3-6-12(17)14(13)18/h2-9H,1H3,(H,19,20). The lowest BCUT2D eigenvalue weighted by Crippen LogP contribution is -2.30. The zero-order valence-corrected chi connectivity index (χ0v) is 12.6. The summed E-state index contributed by atoms with van der Waals surface area (Å²) in [6.07, 6.45) is -0.818. The van der Waals surface area contributed by atoms with Gasteiger partial charge in [-0.15, -0.1) is 0 Å². The summed E-state index contributed by atoms with van der Waals surface area (Å²) in [5, 5.41) is 2.87. The van der Waals surface area contributed by atoms with Crippen molar-refractivity contribution < 1.29 is 13.9 Å². The van der Waals surface area contributed by atoms with Gasteiger partial charge in [-0.25, -0.2) is 4.39 Å². The average Bonchev–Trinajstić information content (AvgIpc) is 2.44. The molecule has 0 saturated heterocycles. The van der Waals surface area contributed by atoms with Crippen LogP contribution < -0.4 is 10.1 Å². The monoisotopic (exact) mass is 327 g/mol. The Balaban J connectivity index is 2.04. The van der Waals surface area contributed by atoms with Gasteiger partial charge < -0.3 is 10.1 Å². The number of hydrogen-bond acceptors (Lipinski definition) is 2. The summed E-state index contributed by atoms with van der Waals surface area (Å²) in [6.45, 7) is 1.55. The molecule has 0 heterocycles. The van der Waals surface area contributed by atoms with Crippen LogP contribution in [0.1, 0.15) is 6.92 Å². The van der Waals surface area contributed by atoms with Gasteiger partial charge in [-0.05, 0) is 37.3 Å². The van der Waals surface area contributed by atoms with Crippen LogP contribution in [0.4, 0.5) is 10.1 Å². The number of rotatable bonds is 4. The van der Waals surface area contributed by atoms with E-state index < -0.39 is 17.8 Å². The van der Waals surface area contributed by atoms with Crippen LogP contribution in [0.15, 0.2) is 42.5 Å². The van der Waals surface area contributed by atoms with Gasteiger partial charge in [0, 0.05) is 5.02 Å². The Bertz CT molecular complexity index is 664. The number of hydrogen-bond donors (Lipinski definition) is 1. The molecule has 0 aliphatic rings. The number of carbonyl (C=O) groups excluding carboxylic acids is 1. The van der Waals surface area contributed by atoms with Crippen LogP contribution in [0, 0.1) is 5.82 Å². The number of halogens is 3. The zero-order valence-electron chi connectivity index (χ0n) is 11.1.